The van der Waals surface area contributed by atoms with Crippen LogP contribution in [-0.2, 0) is 17.4 Å². The summed E-state index contributed by atoms with van der Waals surface area (Å²) < 4.78 is 0. The maximum absolute atomic E-state index is 11.0. The van der Waals surface area contributed by atoms with E-state index in [0.29, 0.717) is 0 Å². The van der Waals surface area contributed by atoms with Crippen molar-refractivity contribution in [2.45, 2.75) is 31.3 Å². The maximum Gasteiger partial charge on any atom is 0.0967 e. The molecule has 0 radical (unpaired) electrons. The Labute approximate surface area is 108 Å². The van der Waals surface area contributed by atoms with E-state index in [-0.39, 0.29) is 5.41 Å². The first kappa shape index (κ1) is 11.5. The zero-order valence-electron chi connectivity index (χ0n) is 10.9. The third kappa shape index (κ3) is 1.37. The predicted molar refractivity (Wildman–Crippen MR) is 73.5 cm³/mol. The monoisotopic (exact) mass is 238 g/mol. The highest BCUT2D eigenvalue weighted by Crippen LogP contribution is 2.51. The summed E-state index contributed by atoms with van der Waals surface area (Å²) >= 11 is 0. The van der Waals surface area contributed by atoms with Gasteiger partial charge in [0, 0.05) is 5.41 Å². The molecule has 1 aliphatic carbocycles. The van der Waals surface area contributed by atoms with Crippen LogP contribution in [0.1, 0.15) is 30.5 Å². The topological polar surface area (TPSA) is 20.2 Å². The van der Waals surface area contributed by atoms with Crippen molar-refractivity contribution in [1.29, 1.82) is 0 Å². The van der Waals surface area contributed by atoms with Crippen LogP contribution in [0.5, 0.6) is 0 Å². The minimum Gasteiger partial charge on any atom is -0.385 e. The van der Waals surface area contributed by atoms with E-state index < -0.39 is 5.60 Å². The molecule has 2 aromatic carbocycles. The van der Waals surface area contributed by atoms with Crippen LogP contribution >= 0.6 is 0 Å². The van der Waals surface area contributed by atoms with Gasteiger partial charge in [0.25, 0.3) is 0 Å². The number of benzene rings is 2. The van der Waals surface area contributed by atoms with E-state index in [1.807, 2.05) is 43.3 Å². The summed E-state index contributed by atoms with van der Waals surface area (Å²) in [6.45, 7) is 4.09. The first-order valence-electron chi connectivity index (χ1n) is 6.42. The molecule has 0 amide bonds. The van der Waals surface area contributed by atoms with E-state index in [4.69, 9.17) is 0 Å². The van der Waals surface area contributed by atoms with Gasteiger partial charge in [-0.2, -0.15) is 0 Å². The van der Waals surface area contributed by atoms with Gasteiger partial charge in [-0.3, -0.25) is 0 Å². The molecule has 0 unspecified atom stereocenters. The highest BCUT2D eigenvalue weighted by atomic mass is 16.3. The lowest BCUT2D eigenvalue weighted by Gasteiger charge is -2.38. The largest absolute Gasteiger partial charge is 0.385 e. The molecule has 18 heavy (non-hydrogen) atoms. The summed E-state index contributed by atoms with van der Waals surface area (Å²) in [7, 11) is 0. The van der Waals surface area contributed by atoms with Gasteiger partial charge < -0.3 is 5.11 Å². The van der Waals surface area contributed by atoms with Gasteiger partial charge in [-0.1, -0.05) is 61.5 Å². The van der Waals surface area contributed by atoms with E-state index >= 15 is 0 Å². The molecule has 0 saturated carbocycles. The van der Waals surface area contributed by atoms with Crippen LogP contribution in [0.4, 0.5) is 0 Å². The Balaban J connectivity index is 2.18. The van der Waals surface area contributed by atoms with E-state index in [9.17, 15) is 5.11 Å². The minimum atomic E-state index is -0.815. The average Bonchev–Trinajstić information content (AvgIpc) is 2.60. The van der Waals surface area contributed by atoms with Crippen molar-refractivity contribution in [1.82, 2.24) is 0 Å². The van der Waals surface area contributed by atoms with Crippen LogP contribution in [0.3, 0.4) is 0 Å². The molecule has 92 valence electrons. The Hall–Kier alpha value is -1.60. The summed E-state index contributed by atoms with van der Waals surface area (Å²) in [6, 6.07) is 18.5. The Bertz CT molecular complexity index is 571. The van der Waals surface area contributed by atoms with Crippen LogP contribution in [0.2, 0.25) is 0 Å². The van der Waals surface area contributed by atoms with E-state index in [1.54, 1.807) is 0 Å². The Morgan fingerprint density at radius 3 is 2.17 bits per heavy atom. The zero-order chi connectivity index (χ0) is 12.8. The fourth-order valence-electron chi connectivity index (χ4n) is 3.19. The van der Waals surface area contributed by atoms with Crippen molar-refractivity contribution in [3.63, 3.8) is 0 Å². The van der Waals surface area contributed by atoms with E-state index in [1.165, 1.54) is 11.1 Å². The second kappa shape index (κ2) is 3.69. The normalized spacial score (nSPS) is 30.2. The van der Waals surface area contributed by atoms with Crippen molar-refractivity contribution in [3.8, 4) is 0 Å². The molecular weight excluding hydrogens is 220 g/mol. The molecule has 1 nitrogen and oxygen atoms in total. The molecule has 3 rings (SSSR count). The van der Waals surface area contributed by atoms with Gasteiger partial charge in [-0.25, -0.2) is 0 Å². The summed E-state index contributed by atoms with van der Waals surface area (Å²) in [4.78, 5) is 0. The number of fused-ring (bicyclic) bond motifs is 1. The number of aliphatic hydroxyl groups is 1. The van der Waals surface area contributed by atoms with Crippen molar-refractivity contribution in [2.24, 2.45) is 0 Å². The average molecular weight is 238 g/mol. The zero-order valence-corrected chi connectivity index (χ0v) is 10.9. The van der Waals surface area contributed by atoms with Crippen molar-refractivity contribution in [2.75, 3.05) is 0 Å². The lowest BCUT2D eigenvalue weighted by Crippen LogP contribution is -2.41. The van der Waals surface area contributed by atoms with Crippen LogP contribution < -0.4 is 0 Å². The molecule has 0 spiro atoms. The molecule has 0 bridgehead atoms. The SMILES string of the molecule is C[C@@]1(c2ccccc2)Cc2ccccc2[C@@]1(C)O. The lowest BCUT2D eigenvalue weighted by molar-refractivity contribution is -0.00793. The van der Waals surface area contributed by atoms with Gasteiger partial charge in [0.2, 0.25) is 0 Å². The maximum atomic E-state index is 11.0. The quantitative estimate of drug-likeness (QED) is 0.807. The van der Waals surface area contributed by atoms with Crippen molar-refractivity contribution < 1.29 is 5.11 Å². The highest BCUT2D eigenvalue weighted by molar-refractivity contribution is 5.47. The van der Waals surface area contributed by atoms with Gasteiger partial charge >= 0.3 is 0 Å². The second-order valence-corrected chi connectivity index (χ2v) is 5.60. The second-order valence-electron chi connectivity index (χ2n) is 5.60. The van der Waals surface area contributed by atoms with Gasteiger partial charge in [-0.05, 0) is 30.0 Å². The smallest absolute Gasteiger partial charge is 0.0967 e. The van der Waals surface area contributed by atoms with Crippen LogP contribution in [0.15, 0.2) is 54.6 Å². The molecule has 1 heteroatoms. The first-order valence-corrected chi connectivity index (χ1v) is 6.42. The van der Waals surface area contributed by atoms with Gasteiger partial charge in [0.05, 0.1) is 5.60 Å². The summed E-state index contributed by atoms with van der Waals surface area (Å²) in [5.41, 5.74) is 2.46. The summed E-state index contributed by atoms with van der Waals surface area (Å²) in [6.07, 6.45) is 0.889. The third-order valence-corrected chi connectivity index (χ3v) is 4.57. The van der Waals surface area contributed by atoms with Crippen LogP contribution in [0, 0.1) is 0 Å². The van der Waals surface area contributed by atoms with Gasteiger partial charge in [-0.15, -0.1) is 0 Å². The standard InChI is InChI=1S/C17H18O/c1-16(14-9-4-3-5-10-14)12-13-8-6-7-11-15(13)17(16,2)18/h3-11,18H,12H2,1-2H3/t16-,17+/m0/s1. The molecule has 2 atom stereocenters. The molecule has 2 aromatic rings. The van der Waals surface area contributed by atoms with Crippen molar-refractivity contribution in [3.05, 3.63) is 71.3 Å². The fraction of sp³-hybridized carbons (Fsp3) is 0.294. The minimum absolute atomic E-state index is 0.252. The molecule has 0 fully saturated rings. The predicted octanol–water partition coefficient (Wildman–Crippen LogP) is 3.41. The van der Waals surface area contributed by atoms with Gasteiger partial charge in [0.15, 0.2) is 0 Å². The molecule has 1 aliphatic rings. The van der Waals surface area contributed by atoms with Crippen LogP contribution in [0.25, 0.3) is 0 Å². The number of hydrogen-bond acceptors (Lipinski definition) is 1. The third-order valence-electron chi connectivity index (χ3n) is 4.57. The van der Waals surface area contributed by atoms with Crippen LogP contribution in [-0.4, -0.2) is 5.11 Å². The summed E-state index contributed by atoms with van der Waals surface area (Å²) in [5, 5.41) is 11.0. The highest BCUT2D eigenvalue weighted by Gasteiger charge is 2.51. The molecular formula is C17H18O. The molecule has 1 N–H and O–H groups in total. The van der Waals surface area contributed by atoms with E-state index in [0.717, 1.165) is 12.0 Å². The fourth-order valence-corrected chi connectivity index (χ4v) is 3.19. The summed E-state index contributed by atoms with van der Waals surface area (Å²) in [5.74, 6) is 0. The number of hydrogen-bond donors (Lipinski definition) is 1. The Kier molecular flexibility index (Phi) is 2.36. The number of rotatable bonds is 1. The van der Waals surface area contributed by atoms with E-state index in [2.05, 4.69) is 25.1 Å². The Morgan fingerprint density at radius 2 is 1.50 bits per heavy atom. The molecule has 0 heterocycles. The molecule has 0 aliphatic heterocycles. The lowest BCUT2D eigenvalue weighted by atomic mass is 9.70. The van der Waals surface area contributed by atoms with Gasteiger partial charge in [0.1, 0.15) is 0 Å². The molecule has 0 aromatic heterocycles. The first-order chi connectivity index (χ1) is 8.56. The Morgan fingerprint density at radius 1 is 0.889 bits per heavy atom. The van der Waals surface area contributed by atoms with Crippen molar-refractivity contribution >= 4 is 0 Å². The molecule has 0 saturated heterocycles.